The van der Waals surface area contributed by atoms with Crippen LogP contribution in [0.2, 0.25) is 0 Å². The molecule has 0 unspecified atom stereocenters. The maximum Gasteiger partial charge on any atom is 0.407 e. The molecule has 2 N–H and O–H groups in total. The molecular formula is C13H20N2O3. The van der Waals surface area contributed by atoms with E-state index in [-0.39, 0.29) is 12.6 Å². The van der Waals surface area contributed by atoms with Crippen molar-refractivity contribution in [3.05, 3.63) is 30.1 Å². The number of carbonyl (C=O) groups excluding carboxylic acids is 1. The monoisotopic (exact) mass is 252 g/mol. The number of alkyl carbamates (subject to hydrolysis) is 1. The van der Waals surface area contributed by atoms with E-state index in [0.29, 0.717) is 6.42 Å². The summed E-state index contributed by atoms with van der Waals surface area (Å²) >= 11 is 0. The van der Waals surface area contributed by atoms with E-state index < -0.39 is 11.7 Å². The number of ether oxygens (including phenoxy) is 1. The number of amides is 1. The molecule has 18 heavy (non-hydrogen) atoms. The Balaban J connectivity index is 2.50. The van der Waals surface area contributed by atoms with Crippen molar-refractivity contribution in [3.63, 3.8) is 0 Å². The molecule has 1 amide bonds. The van der Waals surface area contributed by atoms with Crippen LogP contribution in [0.5, 0.6) is 0 Å². The molecule has 0 bridgehead atoms. The number of nitrogens with one attached hydrogen (secondary N) is 1. The molecule has 100 valence electrons. The third-order valence-electron chi connectivity index (χ3n) is 2.15. The van der Waals surface area contributed by atoms with E-state index in [4.69, 9.17) is 4.74 Å². The van der Waals surface area contributed by atoms with Crippen molar-refractivity contribution in [2.24, 2.45) is 0 Å². The summed E-state index contributed by atoms with van der Waals surface area (Å²) in [6.45, 7) is 5.24. The van der Waals surface area contributed by atoms with Crippen LogP contribution in [0.25, 0.3) is 0 Å². The zero-order chi connectivity index (χ0) is 13.6. The molecule has 1 aromatic rings. The van der Waals surface area contributed by atoms with Gasteiger partial charge in [0.2, 0.25) is 0 Å². The largest absolute Gasteiger partial charge is 0.444 e. The van der Waals surface area contributed by atoms with E-state index >= 15 is 0 Å². The fraction of sp³-hybridized carbons (Fsp3) is 0.538. The van der Waals surface area contributed by atoms with Gasteiger partial charge in [0.25, 0.3) is 0 Å². The van der Waals surface area contributed by atoms with Gasteiger partial charge in [-0.3, -0.25) is 4.98 Å². The molecule has 1 heterocycles. The molecule has 1 aromatic heterocycles. The van der Waals surface area contributed by atoms with E-state index in [1.165, 1.54) is 0 Å². The molecule has 0 aromatic carbocycles. The smallest absolute Gasteiger partial charge is 0.407 e. The quantitative estimate of drug-likeness (QED) is 0.852. The highest BCUT2D eigenvalue weighted by Gasteiger charge is 2.19. The van der Waals surface area contributed by atoms with Gasteiger partial charge in [0.05, 0.1) is 12.6 Å². The van der Waals surface area contributed by atoms with Crippen molar-refractivity contribution < 1.29 is 14.6 Å². The third kappa shape index (κ3) is 5.63. The first-order valence-corrected chi connectivity index (χ1v) is 5.90. The fourth-order valence-corrected chi connectivity index (χ4v) is 1.44. The number of pyridine rings is 1. The number of aliphatic hydroxyl groups excluding tert-OH is 1. The van der Waals surface area contributed by atoms with Gasteiger partial charge in [-0.15, -0.1) is 0 Å². The lowest BCUT2D eigenvalue weighted by Crippen LogP contribution is -2.42. The van der Waals surface area contributed by atoms with Crippen molar-refractivity contribution >= 4 is 6.09 Å². The van der Waals surface area contributed by atoms with Gasteiger partial charge in [-0.05, 0) is 38.8 Å². The van der Waals surface area contributed by atoms with Crippen LogP contribution in [-0.4, -0.2) is 34.4 Å². The van der Waals surface area contributed by atoms with Crippen LogP contribution in [0, 0.1) is 0 Å². The van der Waals surface area contributed by atoms with E-state index in [9.17, 15) is 9.90 Å². The predicted molar refractivity (Wildman–Crippen MR) is 68.2 cm³/mol. The molecule has 0 saturated carbocycles. The summed E-state index contributed by atoms with van der Waals surface area (Å²) in [5.74, 6) is 0. The van der Waals surface area contributed by atoms with Gasteiger partial charge in [0.15, 0.2) is 0 Å². The van der Waals surface area contributed by atoms with Gasteiger partial charge < -0.3 is 15.2 Å². The number of hydrogen-bond acceptors (Lipinski definition) is 4. The Labute approximate surface area is 107 Å². The van der Waals surface area contributed by atoms with Gasteiger partial charge in [-0.2, -0.15) is 0 Å². The summed E-state index contributed by atoms with van der Waals surface area (Å²) in [6, 6.07) is 3.34. The van der Waals surface area contributed by atoms with Gasteiger partial charge in [0.1, 0.15) is 5.60 Å². The Hall–Kier alpha value is -1.62. The normalized spacial score (nSPS) is 12.9. The highest BCUT2D eigenvalue weighted by molar-refractivity contribution is 5.68. The number of nitrogens with zero attached hydrogens (tertiary/aromatic N) is 1. The maximum atomic E-state index is 11.6. The summed E-state index contributed by atoms with van der Waals surface area (Å²) in [7, 11) is 0. The molecule has 0 spiro atoms. The van der Waals surface area contributed by atoms with Crippen molar-refractivity contribution in [1.82, 2.24) is 10.3 Å². The Kier molecular flexibility index (Phi) is 5.09. The number of hydrogen-bond donors (Lipinski definition) is 2. The van der Waals surface area contributed by atoms with Crippen molar-refractivity contribution in [3.8, 4) is 0 Å². The highest BCUT2D eigenvalue weighted by atomic mass is 16.6. The van der Waals surface area contributed by atoms with Gasteiger partial charge in [-0.1, -0.05) is 6.07 Å². The van der Waals surface area contributed by atoms with E-state index in [1.807, 2.05) is 12.1 Å². The van der Waals surface area contributed by atoms with Crippen LogP contribution in [0.3, 0.4) is 0 Å². The summed E-state index contributed by atoms with van der Waals surface area (Å²) in [4.78, 5) is 15.5. The first-order chi connectivity index (χ1) is 8.40. The minimum Gasteiger partial charge on any atom is -0.444 e. The molecule has 1 atom stereocenters. The Morgan fingerprint density at radius 1 is 1.56 bits per heavy atom. The zero-order valence-electron chi connectivity index (χ0n) is 11.0. The lowest BCUT2D eigenvalue weighted by Gasteiger charge is -2.22. The Bertz CT molecular complexity index is 374. The molecule has 0 aliphatic rings. The van der Waals surface area contributed by atoms with Gasteiger partial charge in [-0.25, -0.2) is 4.79 Å². The van der Waals surface area contributed by atoms with Crippen LogP contribution in [-0.2, 0) is 11.2 Å². The average molecular weight is 252 g/mol. The molecule has 5 heteroatoms. The standard InChI is InChI=1S/C13H20N2O3/c1-13(2,3)18-12(17)15-11(9-16)7-10-5-4-6-14-8-10/h4-6,8,11,16H,7,9H2,1-3H3,(H,15,17)/t11-/m0/s1. The second kappa shape index (κ2) is 6.35. The minimum absolute atomic E-state index is 0.145. The van der Waals surface area contributed by atoms with E-state index in [2.05, 4.69) is 10.3 Å². The number of aromatic nitrogens is 1. The Morgan fingerprint density at radius 2 is 2.28 bits per heavy atom. The first-order valence-electron chi connectivity index (χ1n) is 5.90. The average Bonchev–Trinajstić information content (AvgIpc) is 2.27. The Morgan fingerprint density at radius 3 is 2.78 bits per heavy atom. The van der Waals surface area contributed by atoms with Crippen LogP contribution in [0.1, 0.15) is 26.3 Å². The molecular weight excluding hydrogens is 232 g/mol. The van der Waals surface area contributed by atoms with E-state index in [1.54, 1.807) is 33.2 Å². The summed E-state index contributed by atoms with van der Waals surface area (Å²) in [6.07, 6.45) is 3.38. The SMILES string of the molecule is CC(C)(C)OC(=O)N[C@H](CO)Cc1cccnc1. The maximum absolute atomic E-state index is 11.6. The van der Waals surface area contributed by atoms with Crippen LogP contribution < -0.4 is 5.32 Å². The number of carbonyl (C=O) groups is 1. The fourth-order valence-electron chi connectivity index (χ4n) is 1.44. The van der Waals surface area contributed by atoms with Crippen molar-refractivity contribution in [1.29, 1.82) is 0 Å². The molecule has 0 radical (unpaired) electrons. The lowest BCUT2D eigenvalue weighted by atomic mass is 10.1. The zero-order valence-corrected chi connectivity index (χ0v) is 11.0. The highest BCUT2D eigenvalue weighted by Crippen LogP contribution is 2.07. The summed E-state index contributed by atoms with van der Waals surface area (Å²) < 4.78 is 5.13. The van der Waals surface area contributed by atoms with Gasteiger partial charge >= 0.3 is 6.09 Å². The molecule has 5 nitrogen and oxygen atoms in total. The summed E-state index contributed by atoms with van der Waals surface area (Å²) in [5, 5.41) is 11.9. The minimum atomic E-state index is -0.543. The van der Waals surface area contributed by atoms with Crippen molar-refractivity contribution in [2.45, 2.75) is 38.8 Å². The second-order valence-electron chi connectivity index (χ2n) is 5.09. The topological polar surface area (TPSA) is 71.5 Å². The number of aliphatic hydroxyl groups is 1. The van der Waals surface area contributed by atoms with Crippen LogP contribution >= 0.6 is 0 Å². The predicted octanol–water partition coefficient (Wildman–Crippen LogP) is 1.51. The first kappa shape index (κ1) is 14.4. The molecule has 0 saturated heterocycles. The van der Waals surface area contributed by atoms with Gasteiger partial charge in [0, 0.05) is 12.4 Å². The lowest BCUT2D eigenvalue weighted by molar-refractivity contribution is 0.0483. The van der Waals surface area contributed by atoms with E-state index in [0.717, 1.165) is 5.56 Å². The third-order valence-corrected chi connectivity index (χ3v) is 2.15. The summed E-state index contributed by atoms with van der Waals surface area (Å²) in [5.41, 5.74) is 0.408. The van der Waals surface area contributed by atoms with Crippen molar-refractivity contribution in [2.75, 3.05) is 6.61 Å². The molecule has 0 fully saturated rings. The van der Waals surface area contributed by atoms with Crippen LogP contribution in [0.4, 0.5) is 4.79 Å². The second-order valence-corrected chi connectivity index (χ2v) is 5.09. The van der Waals surface area contributed by atoms with Crippen LogP contribution in [0.15, 0.2) is 24.5 Å². The molecule has 1 rings (SSSR count). The molecule has 0 aliphatic carbocycles. The number of rotatable bonds is 4. The molecule has 0 aliphatic heterocycles.